The Bertz CT molecular complexity index is 1230. The highest BCUT2D eigenvalue weighted by molar-refractivity contribution is 6.32. The van der Waals surface area contributed by atoms with E-state index in [0.717, 1.165) is 36.6 Å². The van der Waals surface area contributed by atoms with Crippen molar-refractivity contribution in [3.05, 3.63) is 59.2 Å². The third kappa shape index (κ3) is 3.66. The summed E-state index contributed by atoms with van der Waals surface area (Å²) in [7, 11) is 1.55. The monoisotopic (exact) mass is 465 g/mol. The first-order valence-electron chi connectivity index (χ1n) is 11.5. The van der Waals surface area contributed by atoms with Crippen molar-refractivity contribution in [2.24, 2.45) is 0 Å². The van der Waals surface area contributed by atoms with Gasteiger partial charge < -0.3 is 14.6 Å². The lowest BCUT2D eigenvalue weighted by molar-refractivity contribution is -0.127. The van der Waals surface area contributed by atoms with E-state index in [1.165, 1.54) is 6.42 Å². The zero-order valence-electron chi connectivity index (χ0n) is 18.9. The molecule has 1 aliphatic heterocycles. The molecule has 172 valence electrons. The van der Waals surface area contributed by atoms with Gasteiger partial charge in [0.25, 0.3) is 5.91 Å². The summed E-state index contributed by atoms with van der Waals surface area (Å²) in [4.78, 5) is 29.3. The quantitative estimate of drug-likeness (QED) is 0.578. The van der Waals surface area contributed by atoms with Gasteiger partial charge in [-0.3, -0.25) is 14.5 Å². The summed E-state index contributed by atoms with van der Waals surface area (Å²) in [5.74, 6) is 0.158. The Morgan fingerprint density at radius 3 is 2.61 bits per heavy atom. The van der Waals surface area contributed by atoms with Gasteiger partial charge in [-0.2, -0.15) is 0 Å². The van der Waals surface area contributed by atoms with E-state index in [0.29, 0.717) is 28.7 Å². The normalized spacial score (nSPS) is 21.2. The lowest BCUT2D eigenvalue weighted by Crippen LogP contribution is -2.65. The van der Waals surface area contributed by atoms with E-state index in [1.54, 1.807) is 30.2 Å². The van der Waals surface area contributed by atoms with E-state index in [9.17, 15) is 9.59 Å². The molecule has 1 fully saturated rings. The fourth-order valence-electron chi connectivity index (χ4n) is 5.23. The minimum absolute atomic E-state index is 0.141. The van der Waals surface area contributed by atoms with E-state index in [2.05, 4.69) is 5.32 Å². The van der Waals surface area contributed by atoms with Crippen LogP contribution in [0.4, 0.5) is 5.69 Å². The molecular weight excluding hydrogens is 438 g/mol. The first-order chi connectivity index (χ1) is 15.9. The number of carbonyl (C=O) groups excluding carboxylic acids is 2. The zero-order valence-corrected chi connectivity index (χ0v) is 19.7. The van der Waals surface area contributed by atoms with Crippen LogP contribution in [0.15, 0.2) is 48.5 Å². The number of nitrogens with zero attached hydrogens (tertiary/aromatic N) is 2. The molecule has 1 N–H and O–H groups in total. The molecule has 0 spiro atoms. The van der Waals surface area contributed by atoms with Crippen molar-refractivity contribution in [2.75, 3.05) is 12.0 Å². The Balaban J connectivity index is 1.62. The van der Waals surface area contributed by atoms with Crippen LogP contribution in [-0.4, -0.2) is 35.1 Å². The van der Waals surface area contributed by atoms with Gasteiger partial charge in [0.15, 0.2) is 0 Å². The van der Waals surface area contributed by atoms with Crippen LogP contribution in [0.5, 0.6) is 5.75 Å². The number of methoxy groups -OCH3 is 1. The Morgan fingerprint density at radius 1 is 1.12 bits per heavy atom. The fourth-order valence-corrected chi connectivity index (χ4v) is 5.48. The standard InChI is InChI=1S/C26H28ClN3O3/c1-26(25(32)28-18-9-4-3-5-10-18)16-29-21-11-7-6-8-17(21)14-22(29)24(31)30(26)19-12-13-23(33-2)20(27)15-19/h6-8,11-15,18H,3-5,9-10,16H2,1-2H3,(H,28,32). The van der Waals surface area contributed by atoms with Crippen molar-refractivity contribution in [3.63, 3.8) is 0 Å². The Kier molecular flexibility index (Phi) is 5.57. The van der Waals surface area contributed by atoms with Gasteiger partial charge in [0.05, 0.1) is 18.7 Å². The second kappa shape index (κ2) is 8.41. The molecule has 0 bridgehead atoms. The zero-order chi connectivity index (χ0) is 23.2. The van der Waals surface area contributed by atoms with Crippen molar-refractivity contribution >= 4 is 40.0 Å². The van der Waals surface area contributed by atoms with E-state index >= 15 is 0 Å². The van der Waals surface area contributed by atoms with E-state index in [4.69, 9.17) is 16.3 Å². The average Bonchev–Trinajstić information content (AvgIpc) is 3.18. The van der Waals surface area contributed by atoms with E-state index < -0.39 is 5.54 Å². The van der Waals surface area contributed by atoms with Gasteiger partial charge in [-0.15, -0.1) is 0 Å². The van der Waals surface area contributed by atoms with Gasteiger partial charge in [-0.1, -0.05) is 49.1 Å². The first kappa shape index (κ1) is 21.8. The second-order valence-electron chi connectivity index (χ2n) is 9.22. The molecule has 7 heteroatoms. The van der Waals surface area contributed by atoms with Crippen molar-refractivity contribution in [2.45, 2.75) is 57.2 Å². The third-order valence-corrected chi connectivity index (χ3v) is 7.31. The van der Waals surface area contributed by atoms with Gasteiger partial charge in [0, 0.05) is 22.6 Å². The highest BCUT2D eigenvalue weighted by atomic mass is 35.5. The molecule has 3 aromatic rings. The van der Waals surface area contributed by atoms with Gasteiger partial charge in [-0.05, 0) is 50.1 Å². The molecule has 0 saturated heterocycles. The van der Waals surface area contributed by atoms with E-state index in [1.807, 2.05) is 41.8 Å². The molecule has 2 aliphatic rings. The van der Waals surface area contributed by atoms with Crippen molar-refractivity contribution in [3.8, 4) is 5.75 Å². The number of nitrogens with one attached hydrogen (secondary N) is 1. The Hall–Kier alpha value is -2.99. The SMILES string of the molecule is COc1ccc(N2C(=O)c3cc4ccccc4n3CC2(C)C(=O)NC2CCCCC2)cc1Cl. The highest BCUT2D eigenvalue weighted by Gasteiger charge is 2.49. The lowest BCUT2D eigenvalue weighted by atomic mass is 9.91. The number of rotatable bonds is 4. The van der Waals surface area contributed by atoms with Gasteiger partial charge in [-0.25, -0.2) is 0 Å². The van der Waals surface area contributed by atoms with Crippen LogP contribution in [0, 0.1) is 0 Å². The summed E-state index contributed by atoms with van der Waals surface area (Å²) in [6.45, 7) is 2.20. The molecule has 2 aromatic carbocycles. The van der Waals surface area contributed by atoms with Crippen molar-refractivity contribution in [1.82, 2.24) is 9.88 Å². The van der Waals surface area contributed by atoms with Crippen LogP contribution in [0.2, 0.25) is 5.02 Å². The summed E-state index contributed by atoms with van der Waals surface area (Å²) in [5.41, 5.74) is 0.959. The molecule has 1 saturated carbocycles. The summed E-state index contributed by atoms with van der Waals surface area (Å²) in [5, 5.41) is 4.62. The molecule has 1 aromatic heterocycles. The molecule has 1 aliphatic carbocycles. The topological polar surface area (TPSA) is 63.6 Å². The largest absolute Gasteiger partial charge is 0.495 e. The van der Waals surface area contributed by atoms with Crippen LogP contribution >= 0.6 is 11.6 Å². The Labute approximate surface area is 198 Å². The molecular formula is C26H28ClN3O3. The minimum atomic E-state index is -1.12. The van der Waals surface area contributed by atoms with E-state index in [-0.39, 0.29) is 17.9 Å². The first-order valence-corrected chi connectivity index (χ1v) is 11.9. The molecule has 1 atom stereocenters. The summed E-state index contributed by atoms with van der Waals surface area (Å²) in [6, 6.07) is 15.1. The van der Waals surface area contributed by atoms with Crippen LogP contribution in [0.3, 0.4) is 0 Å². The predicted molar refractivity (Wildman–Crippen MR) is 130 cm³/mol. The number of benzene rings is 2. The molecule has 2 heterocycles. The molecule has 0 radical (unpaired) electrons. The predicted octanol–water partition coefficient (Wildman–Crippen LogP) is 5.17. The van der Waals surface area contributed by atoms with Crippen LogP contribution in [-0.2, 0) is 11.3 Å². The molecule has 33 heavy (non-hydrogen) atoms. The smallest absolute Gasteiger partial charge is 0.275 e. The third-order valence-electron chi connectivity index (χ3n) is 7.02. The number of halogens is 1. The number of hydrogen-bond acceptors (Lipinski definition) is 3. The van der Waals surface area contributed by atoms with Crippen LogP contribution in [0.25, 0.3) is 10.9 Å². The molecule has 6 nitrogen and oxygen atoms in total. The lowest BCUT2D eigenvalue weighted by Gasteiger charge is -2.44. The maximum Gasteiger partial charge on any atom is 0.275 e. The summed E-state index contributed by atoms with van der Waals surface area (Å²) >= 11 is 6.42. The Morgan fingerprint density at radius 2 is 1.88 bits per heavy atom. The molecule has 1 unspecified atom stereocenters. The molecule has 2 amide bonds. The second-order valence-corrected chi connectivity index (χ2v) is 9.62. The number of fused-ring (bicyclic) bond motifs is 3. The maximum absolute atomic E-state index is 13.9. The number of carbonyl (C=O) groups is 2. The van der Waals surface area contributed by atoms with Gasteiger partial charge >= 0.3 is 0 Å². The van der Waals surface area contributed by atoms with Gasteiger partial charge in [0.1, 0.15) is 17.0 Å². The molecule has 5 rings (SSSR count). The summed E-state index contributed by atoms with van der Waals surface area (Å²) in [6.07, 6.45) is 5.39. The van der Waals surface area contributed by atoms with Crippen molar-refractivity contribution in [1.29, 1.82) is 0 Å². The highest BCUT2D eigenvalue weighted by Crippen LogP contribution is 2.38. The number of aromatic nitrogens is 1. The fraction of sp³-hybridized carbons (Fsp3) is 0.385. The minimum Gasteiger partial charge on any atom is -0.495 e. The number of hydrogen-bond donors (Lipinski definition) is 1. The average molecular weight is 466 g/mol. The van der Waals surface area contributed by atoms with Crippen LogP contribution in [0.1, 0.15) is 49.5 Å². The summed E-state index contributed by atoms with van der Waals surface area (Å²) < 4.78 is 7.26. The number of ether oxygens (including phenoxy) is 1. The van der Waals surface area contributed by atoms with Crippen LogP contribution < -0.4 is 15.0 Å². The number of anilines is 1. The van der Waals surface area contributed by atoms with Crippen molar-refractivity contribution < 1.29 is 14.3 Å². The number of para-hydroxylation sites is 1. The van der Waals surface area contributed by atoms with Gasteiger partial charge in [0.2, 0.25) is 5.91 Å². The maximum atomic E-state index is 13.9. The number of amides is 2.